The maximum absolute atomic E-state index is 13.0. The molecule has 4 rings (SSSR count). The van der Waals surface area contributed by atoms with E-state index >= 15 is 0 Å². The summed E-state index contributed by atoms with van der Waals surface area (Å²) >= 11 is 10.4. The zero-order valence-corrected chi connectivity index (χ0v) is 18.6. The average Bonchev–Trinajstić information content (AvgIpc) is 3.12. The number of para-hydroxylation sites is 2. The smallest absolute Gasteiger partial charge is 0.270 e. The van der Waals surface area contributed by atoms with Crippen LogP contribution >= 0.6 is 39.9 Å². The summed E-state index contributed by atoms with van der Waals surface area (Å²) in [6.45, 7) is 4.13. The highest BCUT2D eigenvalue weighted by Crippen LogP contribution is 2.37. The van der Waals surface area contributed by atoms with Crippen molar-refractivity contribution in [3.05, 3.63) is 87.0 Å². The molecule has 6 heteroatoms. The van der Waals surface area contributed by atoms with Crippen LogP contribution in [0, 0.1) is 13.8 Å². The van der Waals surface area contributed by atoms with Gasteiger partial charge in [-0.05, 0) is 71.7 Å². The quantitative estimate of drug-likeness (QED) is 0.334. The van der Waals surface area contributed by atoms with Crippen LogP contribution in [0.4, 0.5) is 5.69 Å². The fraction of sp³-hybridized carbons (Fsp3) is 0.0909. The summed E-state index contributed by atoms with van der Waals surface area (Å²) in [4.78, 5) is 15.2. The summed E-state index contributed by atoms with van der Waals surface area (Å²) in [6, 6.07) is 19.7. The number of anilines is 1. The Morgan fingerprint density at radius 3 is 2.43 bits per heavy atom. The lowest BCUT2D eigenvalue weighted by Crippen LogP contribution is -2.27. The summed E-state index contributed by atoms with van der Waals surface area (Å²) in [5, 5.41) is 0. The molecule has 2 aromatic carbocycles. The number of rotatable bonds is 3. The second kappa shape index (κ2) is 7.70. The molecule has 1 aromatic heterocycles. The van der Waals surface area contributed by atoms with Crippen molar-refractivity contribution >= 4 is 61.9 Å². The van der Waals surface area contributed by atoms with E-state index in [4.69, 9.17) is 12.2 Å². The van der Waals surface area contributed by atoms with Crippen LogP contribution < -0.4 is 4.90 Å². The zero-order valence-electron chi connectivity index (χ0n) is 15.3. The molecular formula is C22H17BrN2OS2. The van der Waals surface area contributed by atoms with Gasteiger partial charge in [-0.3, -0.25) is 9.69 Å². The van der Waals surface area contributed by atoms with Gasteiger partial charge in [0.2, 0.25) is 0 Å². The fourth-order valence-electron chi connectivity index (χ4n) is 3.35. The highest BCUT2D eigenvalue weighted by atomic mass is 79.9. The Balaban J connectivity index is 1.73. The molecule has 0 atom stereocenters. The molecule has 0 saturated carbocycles. The van der Waals surface area contributed by atoms with Gasteiger partial charge in [-0.15, -0.1) is 0 Å². The third-order valence-corrected chi connectivity index (χ3v) is 6.63. The topological polar surface area (TPSA) is 25.2 Å². The number of halogens is 1. The Morgan fingerprint density at radius 2 is 1.71 bits per heavy atom. The van der Waals surface area contributed by atoms with Crippen LogP contribution in [-0.2, 0) is 4.79 Å². The van der Waals surface area contributed by atoms with E-state index in [2.05, 4.69) is 46.5 Å². The second-order valence-electron chi connectivity index (χ2n) is 6.47. The van der Waals surface area contributed by atoms with Crippen molar-refractivity contribution in [3.8, 4) is 5.69 Å². The van der Waals surface area contributed by atoms with Crippen molar-refractivity contribution in [1.82, 2.24) is 4.57 Å². The van der Waals surface area contributed by atoms with E-state index in [1.807, 2.05) is 54.6 Å². The number of hydrogen-bond acceptors (Lipinski definition) is 3. The molecular weight excluding hydrogens is 452 g/mol. The maximum atomic E-state index is 13.0. The molecule has 1 saturated heterocycles. The maximum Gasteiger partial charge on any atom is 0.270 e. The average molecular weight is 469 g/mol. The molecule has 0 aliphatic carbocycles. The number of thioether (sulfide) groups is 1. The fourth-order valence-corrected chi connectivity index (χ4v) is 5.10. The first kappa shape index (κ1) is 19.2. The zero-order chi connectivity index (χ0) is 19.8. The summed E-state index contributed by atoms with van der Waals surface area (Å²) in [5.74, 6) is -0.0769. The summed E-state index contributed by atoms with van der Waals surface area (Å²) in [7, 11) is 0. The monoisotopic (exact) mass is 468 g/mol. The SMILES string of the molecule is Cc1cc(/C=C2/SC(=S)N(c3ccccc3)C2=O)c(C)n1-c1ccccc1Br. The largest absolute Gasteiger partial charge is 0.317 e. The number of aryl methyl sites for hydroxylation is 1. The van der Waals surface area contributed by atoms with Crippen molar-refractivity contribution in [2.75, 3.05) is 4.90 Å². The van der Waals surface area contributed by atoms with Crippen LogP contribution in [0.2, 0.25) is 0 Å². The van der Waals surface area contributed by atoms with Crippen LogP contribution in [0.15, 0.2) is 70.0 Å². The van der Waals surface area contributed by atoms with E-state index < -0.39 is 0 Å². The third kappa shape index (κ3) is 3.36. The van der Waals surface area contributed by atoms with Crippen LogP contribution in [0.1, 0.15) is 17.0 Å². The lowest BCUT2D eigenvalue weighted by atomic mass is 10.2. The van der Waals surface area contributed by atoms with Crippen LogP contribution in [0.3, 0.4) is 0 Å². The lowest BCUT2D eigenvalue weighted by molar-refractivity contribution is -0.113. The Morgan fingerprint density at radius 1 is 1.04 bits per heavy atom. The van der Waals surface area contributed by atoms with E-state index in [-0.39, 0.29) is 5.91 Å². The molecule has 140 valence electrons. The van der Waals surface area contributed by atoms with Gasteiger partial charge in [-0.2, -0.15) is 0 Å². The first-order chi connectivity index (χ1) is 13.5. The molecule has 1 fully saturated rings. The Bertz CT molecular complexity index is 1120. The Hall–Kier alpha value is -2.15. The summed E-state index contributed by atoms with van der Waals surface area (Å²) < 4.78 is 3.77. The van der Waals surface area contributed by atoms with Gasteiger partial charge in [0.05, 0.1) is 16.3 Å². The summed E-state index contributed by atoms with van der Waals surface area (Å²) in [5.41, 5.74) is 5.08. The van der Waals surface area contributed by atoms with E-state index in [9.17, 15) is 4.79 Å². The minimum Gasteiger partial charge on any atom is -0.317 e. The molecule has 1 aliphatic heterocycles. The predicted molar refractivity (Wildman–Crippen MR) is 125 cm³/mol. The number of hydrogen-bond donors (Lipinski definition) is 0. The number of amides is 1. The molecule has 0 N–H and O–H groups in total. The Labute approximate surface area is 182 Å². The number of benzene rings is 2. The highest BCUT2D eigenvalue weighted by Gasteiger charge is 2.33. The molecule has 0 bridgehead atoms. The minimum absolute atomic E-state index is 0.0769. The number of carbonyl (C=O) groups is 1. The lowest BCUT2D eigenvalue weighted by Gasteiger charge is -2.13. The first-order valence-electron chi connectivity index (χ1n) is 8.74. The molecule has 3 nitrogen and oxygen atoms in total. The van der Waals surface area contributed by atoms with Gasteiger partial charge in [0.15, 0.2) is 4.32 Å². The van der Waals surface area contributed by atoms with Crippen LogP contribution in [-0.4, -0.2) is 14.8 Å². The van der Waals surface area contributed by atoms with Crippen LogP contribution in [0.25, 0.3) is 11.8 Å². The molecule has 28 heavy (non-hydrogen) atoms. The number of aromatic nitrogens is 1. The van der Waals surface area contributed by atoms with E-state index in [0.717, 1.165) is 32.8 Å². The Kier molecular flexibility index (Phi) is 5.27. The first-order valence-corrected chi connectivity index (χ1v) is 10.8. The van der Waals surface area contributed by atoms with Crippen molar-refractivity contribution in [3.63, 3.8) is 0 Å². The van der Waals surface area contributed by atoms with Crippen molar-refractivity contribution < 1.29 is 4.79 Å². The number of thiocarbonyl (C=S) groups is 1. The van der Waals surface area contributed by atoms with Gasteiger partial charge in [0.25, 0.3) is 5.91 Å². The van der Waals surface area contributed by atoms with Gasteiger partial charge in [-0.1, -0.05) is 54.3 Å². The number of nitrogens with zero attached hydrogens (tertiary/aromatic N) is 2. The standard InChI is InChI=1S/C22H17BrN2OS2/c1-14-12-16(15(2)24(14)19-11-7-6-10-18(19)23)13-20-21(26)25(22(27)28-20)17-8-4-3-5-9-17/h3-13H,1-2H3/b20-13+. The third-order valence-electron chi connectivity index (χ3n) is 4.66. The molecule has 1 amide bonds. The van der Waals surface area contributed by atoms with E-state index in [1.165, 1.54) is 11.8 Å². The molecule has 3 aromatic rings. The normalized spacial score (nSPS) is 15.7. The molecule has 0 radical (unpaired) electrons. The van der Waals surface area contributed by atoms with Crippen molar-refractivity contribution in [2.45, 2.75) is 13.8 Å². The molecule has 0 unspecified atom stereocenters. The van der Waals surface area contributed by atoms with Crippen LogP contribution in [0.5, 0.6) is 0 Å². The van der Waals surface area contributed by atoms with Crippen molar-refractivity contribution in [2.24, 2.45) is 0 Å². The number of carbonyl (C=O) groups excluding carboxylic acids is 1. The highest BCUT2D eigenvalue weighted by molar-refractivity contribution is 9.10. The van der Waals surface area contributed by atoms with Gasteiger partial charge >= 0.3 is 0 Å². The van der Waals surface area contributed by atoms with Gasteiger partial charge in [0, 0.05) is 15.9 Å². The summed E-state index contributed by atoms with van der Waals surface area (Å²) in [6.07, 6.45) is 1.94. The van der Waals surface area contributed by atoms with Gasteiger partial charge < -0.3 is 4.57 Å². The van der Waals surface area contributed by atoms with E-state index in [1.54, 1.807) is 4.90 Å². The van der Waals surface area contributed by atoms with Gasteiger partial charge in [-0.25, -0.2) is 0 Å². The van der Waals surface area contributed by atoms with E-state index in [0.29, 0.717) is 9.23 Å². The second-order valence-corrected chi connectivity index (χ2v) is 9.00. The molecule has 0 spiro atoms. The predicted octanol–water partition coefficient (Wildman–Crippen LogP) is 6.26. The molecule has 2 heterocycles. The van der Waals surface area contributed by atoms with Crippen molar-refractivity contribution in [1.29, 1.82) is 0 Å². The van der Waals surface area contributed by atoms with Gasteiger partial charge in [0.1, 0.15) is 0 Å². The minimum atomic E-state index is -0.0769. The molecule has 1 aliphatic rings.